The summed E-state index contributed by atoms with van der Waals surface area (Å²) >= 11 is 0. The third-order valence-corrected chi connectivity index (χ3v) is 4.31. The molecule has 0 spiro atoms. The lowest BCUT2D eigenvalue weighted by Crippen LogP contribution is -2.37. The molecule has 0 fully saturated rings. The molecule has 2 unspecified atom stereocenters. The van der Waals surface area contributed by atoms with Crippen molar-refractivity contribution in [3.63, 3.8) is 0 Å². The van der Waals surface area contributed by atoms with Crippen LogP contribution in [0.4, 0.5) is 4.39 Å². The summed E-state index contributed by atoms with van der Waals surface area (Å²) in [5.41, 5.74) is 1.81. The zero-order chi connectivity index (χ0) is 18.9. The molecule has 0 aliphatic carbocycles. The van der Waals surface area contributed by atoms with Gasteiger partial charge in [0.25, 0.3) is 0 Å². The summed E-state index contributed by atoms with van der Waals surface area (Å²) in [7, 11) is 0. The number of carboxylic acids is 1. The summed E-state index contributed by atoms with van der Waals surface area (Å²) < 4.78 is 13.3. The summed E-state index contributed by atoms with van der Waals surface area (Å²) in [6.45, 7) is 1.87. The summed E-state index contributed by atoms with van der Waals surface area (Å²) in [5, 5.41) is 11.9. The number of aliphatic carboxylic acids is 1. The maximum Gasteiger partial charge on any atom is 0.303 e. The largest absolute Gasteiger partial charge is 0.481 e. The molecule has 0 radical (unpaired) electrons. The van der Waals surface area contributed by atoms with Gasteiger partial charge in [0.2, 0.25) is 5.91 Å². The van der Waals surface area contributed by atoms with Gasteiger partial charge in [0.15, 0.2) is 0 Å². The van der Waals surface area contributed by atoms with E-state index in [9.17, 15) is 14.0 Å². The summed E-state index contributed by atoms with van der Waals surface area (Å²) in [6.07, 6.45) is 1.16. The molecule has 2 aromatic rings. The number of carbonyl (C=O) groups is 2. The lowest BCUT2D eigenvalue weighted by atomic mass is 9.96. The van der Waals surface area contributed by atoms with Gasteiger partial charge in [-0.2, -0.15) is 0 Å². The third-order valence-electron chi connectivity index (χ3n) is 4.31. The minimum absolute atomic E-state index is 0.00275. The molecular weight excluding hydrogens is 333 g/mol. The molecule has 0 aliphatic rings. The monoisotopic (exact) mass is 357 g/mol. The maximum atomic E-state index is 13.3. The average molecular weight is 357 g/mol. The first-order valence-electron chi connectivity index (χ1n) is 8.74. The van der Waals surface area contributed by atoms with Gasteiger partial charge in [-0.3, -0.25) is 9.59 Å². The predicted octanol–water partition coefficient (Wildman–Crippen LogP) is 3.91. The molecule has 0 aliphatic heterocycles. The fourth-order valence-electron chi connectivity index (χ4n) is 2.92. The Morgan fingerprint density at radius 1 is 1.12 bits per heavy atom. The molecule has 138 valence electrons. The van der Waals surface area contributed by atoms with Crippen molar-refractivity contribution < 1.29 is 19.1 Å². The number of amides is 1. The van der Waals surface area contributed by atoms with Crippen molar-refractivity contribution in [1.29, 1.82) is 0 Å². The average Bonchev–Trinajstić information content (AvgIpc) is 2.60. The van der Waals surface area contributed by atoms with E-state index < -0.39 is 5.97 Å². The molecule has 5 heteroatoms. The van der Waals surface area contributed by atoms with Gasteiger partial charge in [-0.25, -0.2) is 4.39 Å². The van der Waals surface area contributed by atoms with E-state index in [1.807, 2.05) is 37.3 Å². The maximum absolute atomic E-state index is 13.3. The number of hydrogen-bond donors (Lipinski definition) is 2. The van der Waals surface area contributed by atoms with E-state index in [0.717, 1.165) is 11.1 Å². The predicted molar refractivity (Wildman–Crippen MR) is 98.4 cm³/mol. The van der Waals surface area contributed by atoms with Gasteiger partial charge in [0, 0.05) is 18.9 Å². The van der Waals surface area contributed by atoms with E-state index in [0.29, 0.717) is 12.8 Å². The SMILES string of the molecule is CC(CC(=O)NC(CCC(=O)O)Cc1ccccc1)c1cccc(F)c1. The van der Waals surface area contributed by atoms with Crippen molar-refractivity contribution in [2.24, 2.45) is 0 Å². The zero-order valence-corrected chi connectivity index (χ0v) is 14.8. The van der Waals surface area contributed by atoms with Gasteiger partial charge >= 0.3 is 5.97 Å². The number of nitrogens with one attached hydrogen (secondary N) is 1. The second-order valence-electron chi connectivity index (χ2n) is 6.55. The molecule has 0 saturated carbocycles. The molecule has 0 bridgehead atoms. The standard InChI is InChI=1S/C21H24FNO3/c1-15(17-8-5-9-18(22)14-17)12-20(24)23-19(10-11-21(25)26)13-16-6-3-2-4-7-16/h2-9,14-15,19H,10-13H2,1H3,(H,23,24)(H,25,26). The Labute approximate surface area is 153 Å². The van der Waals surface area contributed by atoms with Crippen LogP contribution in [0.3, 0.4) is 0 Å². The van der Waals surface area contributed by atoms with Crippen LogP contribution in [-0.4, -0.2) is 23.0 Å². The lowest BCUT2D eigenvalue weighted by molar-refractivity contribution is -0.137. The Morgan fingerprint density at radius 2 is 1.85 bits per heavy atom. The van der Waals surface area contributed by atoms with Crippen LogP contribution in [0.25, 0.3) is 0 Å². The highest BCUT2D eigenvalue weighted by Gasteiger charge is 2.17. The lowest BCUT2D eigenvalue weighted by Gasteiger charge is -2.20. The second kappa shape index (κ2) is 9.70. The number of carbonyl (C=O) groups excluding carboxylic acids is 1. The summed E-state index contributed by atoms with van der Waals surface area (Å²) in [4.78, 5) is 23.3. The summed E-state index contributed by atoms with van der Waals surface area (Å²) in [5.74, 6) is -1.49. The molecule has 0 aromatic heterocycles. The van der Waals surface area contributed by atoms with Crippen LogP contribution >= 0.6 is 0 Å². The molecule has 2 N–H and O–H groups in total. The molecule has 2 aromatic carbocycles. The van der Waals surface area contributed by atoms with Gasteiger partial charge in [-0.1, -0.05) is 49.4 Å². The molecule has 0 saturated heterocycles. The third kappa shape index (κ3) is 6.67. The number of benzene rings is 2. The first kappa shape index (κ1) is 19.6. The minimum atomic E-state index is -0.884. The Kier molecular flexibility index (Phi) is 7.33. The molecule has 2 atom stereocenters. The first-order chi connectivity index (χ1) is 12.4. The van der Waals surface area contributed by atoms with Gasteiger partial charge < -0.3 is 10.4 Å². The van der Waals surface area contributed by atoms with Crippen LogP contribution < -0.4 is 5.32 Å². The Hall–Kier alpha value is -2.69. The Morgan fingerprint density at radius 3 is 2.50 bits per heavy atom. The molecular formula is C21H24FNO3. The van der Waals surface area contributed by atoms with E-state index in [1.165, 1.54) is 12.1 Å². The summed E-state index contributed by atoms with van der Waals surface area (Å²) in [6, 6.07) is 15.6. The number of hydrogen-bond acceptors (Lipinski definition) is 2. The highest BCUT2D eigenvalue weighted by Crippen LogP contribution is 2.20. The second-order valence-corrected chi connectivity index (χ2v) is 6.55. The topological polar surface area (TPSA) is 66.4 Å². The van der Waals surface area contributed by atoms with Crippen LogP contribution in [0.2, 0.25) is 0 Å². The van der Waals surface area contributed by atoms with Crippen LogP contribution in [0.1, 0.15) is 43.2 Å². The van der Waals surface area contributed by atoms with Crippen molar-refractivity contribution in [3.05, 3.63) is 71.5 Å². The van der Waals surface area contributed by atoms with Gasteiger partial charge in [-0.05, 0) is 42.0 Å². The van der Waals surface area contributed by atoms with Crippen LogP contribution in [-0.2, 0) is 16.0 Å². The minimum Gasteiger partial charge on any atom is -0.481 e. The zero-order valence-electron chi connectivity index (χ0n) is 14.8. The van der Waals surface area contributed by atoms with Gasteiger partial charge in [0.1, 0.15) is 5.82 Å². The number of carboxylic acid groups (broad SMARTS) is 1. The highest BCUT2D eigenvalue weighted by atomic mass is 19.1. The fraction of sp³-hybridized carbons (Fsp3) is 0.333. The van der Waals surface area contributed by atoms with E-state index in [-0.39, 0.29) is 36.5 Å². The van der Waals surface area contributed by atoms with Crippen molar-refractivity contribution in [1.82, 2.24) is 5.32 Å². The van der Waals surface area contributed by atoms with E-state index in [4.69, 9.17) is 5.11 Å². The van der Waals surface area contributed by atoms with Crippen molar-refractivity contribution >= 4 is 11.9 Å². The quantitative estimate of drug-likeness (QED) is 0.715. The molecule has 26 heavy (non-hydrogen) atoms. The Bertz CT molecular complexity index is 733. The first-order valence-corrected chi connectivity index (χ1v) is 8.74. The Balaban J connectivity index is 1.96. The smallest absolute Gasteiger partial charge is 0.303 e. The van der Waals surface area contributed by atoms with Crippen molar-refractivity contribution in [3.8, 4) is 0 Å². The van der Waals surface area contributed by atoms with Crippen LogP contribution in [0, 0.1) is 5.82 Å². The van der Waals surface area contributed by atoms with E-state index >= 15 is 0 Å². The van der Waals surface area contributed by atoms with Crippen LogP contribution in [0.15, 0.2) is 54.6 Å². The number of halogens is 1. The molecule has 0 heterocycles. The van der Waals surface area contributed by atoms with Crippen molar-refractivity contribution in [2.45, 2.75) is 44.6 Å². The molecule has 1 amide bonds. The normalized spacial score (nSPS) is 13.0. The van der Waals surface area contributed by atoms with Crippen molar-refractivity contribution in [2.75, 3.05) is 0 Å². The fourth-order valence-corrected chi connectivity index (χ4v) is 2.92. The van der Waals surface area contributed by atoms with Gasteiger partial charge in [-0.15, -0.1) is 0 Å². The number of rotatable bonds is 9. The highest BCUT2D eigenvalue weighted by molar-refractivity contribution is 5.77. The van der Waals surface area contributed by atoms with E-state index in [1.54, 1.807) is 12.1 Å². The van der Waals surface area contributed by atoms with E-state index in [2.05, 4.69) is 5.32 Å². The van der Waals surface area contributed by atoms with Gasteiger partial charge in [0.05, 0.1) is 0 Å². The molecule has 4 nitrogen and oxygen atoms in total. The molecule has 2 rings (SSSR count). The van der Waals surface area contributed by atoms with Crippen LogP contribution in [0.5, 0.6) is 0 Å².